The Bertz CT molecular complexity index is 886. The summed E-state index contributed by atoms with van der Waals surface area (Å²) in [6.07, 6.45) is 3.43. The summed E-state index contributed by atoms with van der Waals surface area (Å²) < 4.78 is 12.7. The van der Waals surface area contributed by atoms with Crippen molar-refractivity contribution >= 4 is 5.95 Å². The van der Waals surface area contributed by atoms with Crippen molar-refractivity contribution < 1.29 is 9.47 Å². The maximum Gasteiger partial charge on any atom is 0.243 e. The van der Waals surface area contributed by atoms with Crippen molar-refractivity contribution in [1.29, 1.82) is 0 Å². The van der Waals surface area contributed by atoms with E-state index in [9.17, 15) is 0 Å². The molecule has 0 amide bonds. The van der Waals surface area contributed by atoms with Crippen molar-refractivity contribution in [2.24, 2.45) is 7.05 Å². The van der Waals surface area contributed by atoms with Crippen LogP contribution >= 0.6 is 0 Å². The fourth-order valence-corrected chi connectivity index (χ4v) is 2.80. The van der Waals surface area contributed by atoms with E-state index in [0.29, 0.717) is 23.1 Å². The van der Waals surface area contributed by atoms with E-state index in [1.54, 1.807) is 20.4 Å². The molecule has 0 saturated carbocycles. The van der Waals surface area contributed by atoms with E-state index in [2.05, 4.69) is 25.6 Å². The lowest BCUT2D eigenvalue weighted by molar-refractivity contribution is 0.397. The van der Waals surface area contributed by atoms with Gasteiger partial charge in [-0.2, -0.15) is 10.2 Å². The highest BCUT2D eigenvalue weighted by Gasteiger charge is 2.17. The summed E-state index contributed by atoms with van der Waals surface area (Å²) >= 11 is 0. The number of hydrogen-bond acceptors (Lipinski definition) is 7. The minimum absolute atomic E-state index is 0.0136. The summed E-state index contributed by atoms with van der Waals surface area (Å²) in [5.74, 6) is 1.74. The molecule has 1 unspecified atom stereocenters. The van der Waals surface area contributed by atoms with Crippen molar-refractivity contribution in [1.82, 2.24) is 25.0 Å². The van der Waals surface area contributed by atoms with Gasteiger partial charge >= 0.3 is 0 Å². The highest BCUT2D eigenvalue weighted by atomic mass is 16.5. The van der Waals surface area contributed by atoms with E-state index in [-0.39, 0.29) is 6.04 Å². The SMILES string of the molecule is COc1cccc(OC)c1-c1cnnc(NC(C)c2cnn(C)c2C)n1. The Hall–Kier alpha value is -3.16. The molecule has 26 heavy (non-hydrogen) atoms. The molecule has 0 saturated heterocycles. The van der Waals surface area contributed by atoms with Gasteiger partial charge < -0.3 is 14.8 Å². The van der Waals surface area contributed by atoms with Crippen LogP contribution in [0.15, 0.2) is 30.6 Å². The monoisotopic (exact) mass is 354 g/mol. The van der Waals surface area contributed by atoms with Gasteiger partial charge in [0.25, 0.3) is 0 Å². The molecule has 8 nitrogen and oxygen atoms in total. The van der Waals surface area contributed by atoms with Crippen LogP contribution in [0.1, 0.15) is 24.2 Å². The van der Waals surface area contributed by atoms with E-state index in [1.807, 2.05) is 50.0 Å². The third-order valence-electron chi connectivity index (χ3n) is 4.33. The maximum atomic E-state index is 5.45. The van der Waals surface area contributed by atoms with Gasteiger partial charge in [-0.25, -0.2) is 4.98 Å². The van der Waals surface area contributed by atoms with Crippen molar-refractivity contribution in [2.45, 2.75) is 19.9 Å². The predicted octanol–water partition coefficient (Wildman–Crippen LogP) is 2.77. The first kappa shape index (κ1) is 17.7. The molecule has 136 valence electrons. The van der Waals surface area contributed by atoms with Crippen LogP contribution in [0.3, 0.4) is 0 Å². The van der Waals surface area contributed by atoms with Gasteiger partial charge in [0.15, 0.2) is 0 Å². The smallest absolute Gasteiger partial charge is 0.243 e. The Morgan fingerprint density at radius 1 is 1.12 bits per heavy atom. The molecule has 8 heteroatoms. The maximum absolute atomic E-state index is 5.45. The summed E-state index contributed by atoms with van der Waals surface area (Å²) in [6.45, 7) is 4.06. The van der Waals surface area contributed by atoms with Crippen LogP contribution in [0.4, 0.5) is 5.95 Å². The first-order chi connectivity index (χ1) is 12.5. The third kappa shape index (κ3) is 3.30. The predicted molar refractivity (Wildman–Crippen MR) is 98.3 cm³/mol. The largest absolute Gasteiger partial charge is 0.496 e. The average molecular weight is 354 g/mol. The molecule has 1 aromatic carbocycles. The minimum Gasteiger partial charge on any atom is -0.496 e. The van der Waals surface area contributed by atoms with E-state index in [1.165, 1.54) is 0 Å². The Morgan fingerprint density at radius 3 is 2.38 bits per heavy atom. The molecule has 3 aromatic rings. The number of aryl methyl sites for hydroxylation is 1. The summed E-state index contributed by atoms with van der Waals surface area (Å²) in [5, 5.41) is 15.7. The second-order valence-electron chi connectivity index (χ2n) is 5.88. The number of nitrogens with zero attached hydrogens (tertiary/aromatic N) is 5. The summed E-state index contributed by atoms with van der Waals surface area (Å²) in [4.78, 5) is 4.59. The fraction of sp³-hybridized carbons (Fsp3) is 0.333. The molecule has 3 rings (SSSR count). The van der Waals surface area contributed by atoms with Gasteiger partial charge in [0.2, 0.25) is 5.95 Å². The fourth-order valence-electron chi connectivity index (χ4n) is 2.80. The molecule has 1 N–H and O–H groups in total. The number of nitrogens with one attached hydrogen (secondary N) is 1. The summed E-state index contributed by atoms with van der Waals surface area (Å²) in [7, 11) is 5.14. The van der Waals surface area contributed by atoms with Gasteiger partial charge in [-0.05, 0) is 26.0 Å². The van der Waals surface area contributed by atoms with Crippen LogP contribution in [-0.4, -0.2) is 39.2 Å². The Balaban J connectivity index is 1.93. The molecule has 0 aliphatic rings. The Labute approximate surface area is 152 Å². The lowest BCUT2D eigenvalue weighted by atomic mass is 10.1. The second kappa shape index (κ2) is 7.38. The van der Waals surface area contributed by atoms with Crippen LogP contribution in [0, 0.1) is 6.92 Å². The molecular weight excluding hydrogens is 332 g/mol. The molecule has 0 radical (unpaired) electrons. The highest BCUT2D eigenvalue weighted by molar-refractivity contribution is 5.74. The highest BCUT2D eigenvalue weighted by Crippen LogP contribution is 2.37. The molecule has 1 atom stereocenters. The van der Waals surface area contributed by atoms with Gasteiger partial charge in [0.05, 0.1) is 38.2 Å². The van der Waals surface area contributed by atoms with Gasteiger partial charge in [-0.15, -0.1) is 5.10 Å². The first-order valence-corrected chi connectivity index (χ1v) is 8.21. The van der Waals surface area contributed by atoms with E-state index in [4.69, 9.17) is 9.47 Å². The number of benzene rings is 1. The van der Waals surface area contributed by atoms with Crippen LogP contribution in [0.5, 0.6) is 11.5 Å². The molecule has 2 heterocycles. The van der Waals surface area contributed by atoms with Crippen LogP contribution in [0.25, 0.3) is 11.3 Å². The third-order valence-corrected chi connectivity index (χ3v) is 4.33. The van der Waals surface area contributed by atoms with Crippen LogP contribution in [0.2, 0.25) is 0 Å². The summed E-state index contributed by atoms with van der Waals surface area (Å²) in [6, 6.07) is 5.56. The van der Waals surface area contributed by atoms with E-state index in [0.717, 1.165) is 16.8 Å². The molecule has 2 aromatic heterocycles. The standard InChI is InChI=1S/C18H22N6O2/c1-11(13-9-20-24(3)12(13)2)21-18-22-14(10-19-23-18)17-15(25-4)7-6-8-16(17)26-5/h6-11H,1-5H3,(H,21,22,23). The van der Waals surface area contributed by atoms with Crippen molar-refractivity contribution in [3.63, 3.8) is 0 Å². The number of aromatic nitrogens is 5. The van der Waals surface area contributed by atoms with Crippen LogP contribution in [-0.2, 0) is 7.05 Å². The number of anilines is 1. The number of rotatable bonds is 6. The summed E-state index contributed by atoms with van der Waals surface area (Å²) in [5.41, 5.74) is 3.52. The number of hydrogen-bond donors (Lipinski definition) is 1. The Morgan fingerprint density at radius 2 is 1.81 bits per heavy atom. The van der Waals surface area contributed by atoms with Crippen molar-refractivity contribution in [3.8, 4) is 22.8 Å². The van der Waals surface area contributed by atoms with E-state index >= 15 is 0 Å². The van der Waals surface area contributed by atoms with Crippen molar-refractivity contribution in [2.75, 3.05) is 19.5 Å². The zero-order valence-corrected chi connectivity index (χ0v) is 15.5. The van der Waals surface area contributed by atoms with E-state index < -0.39 is 0 Å². The molecule has 0 aliphatic heterocycles. The number of ether oxygens (including phenoxy) is 2. The zero-order chi connectivity index (χ0) is 18.7. The molecule has 0 bridgehead atoms. The lowest BCUT2D eigenvalue weighted by Crippen LogP contribution is -2.11. The lowest BCUT2D eigenvalue weighted by Gasteiger charge is -2.15. The van der Waals surface area contributed by atoms with Gasteiger partial charge in [0, 0.05) is 18.3 Å². The van der Waals surface area contributed by atoms with Gasteiger partial charge in [-0.1, -0.05) is 6.07 Å². The number of methoxy groups -OCH3 is 2. The Kier molecular flexibility index (Phi) is 5.01. The molecular formula is C18H22N6O2. The normalized spacial score (nSPS) is 11.9. The minimum atomic E-state index is -0.0136. The molecule has 0 spiro atoms. The van der Waals surface area contributed by atoms with Gasteiger partial charge in [0.1, 0.15) is 17.2 Å². The topological polar surface area (TPSA) is 87.0 Å². The second-order valence-corrected chi connectivity index (χ2v) is 5.88. The average Bonchev–Trinajstić information content (AvgIpc) is 3.00. The zero-order valence-electron chi connectivity index (χ0n) is 15.5. The molecule has 0 fully saturated rings. The molecule has 0 aliphatic carbocycles. The first-order valence-electron chi connectivity index (χ1n) is 8.21. The van der Waals surface area contributed by atoms with Gasteiger partial charge in [-0.3, -0.25) is 4.68 Å². The van der Waals surface area contributed by atoms with Crippen LogP contribution < -0.4 is 14.8 Å². The quantitative estimate of drug-likeness (QED) is 0.728. The van der Waals surface area contributed by atoms with Crippen molar-refractivity contribution in [3.05, 3.63) is 41.9 Å².